The summed E-state index contributed by atoms with van der Waals surface area (Å²) in [5.74, 6) is 0.144. The second-order valence-corrected chi connectivity index (χ2v) is 4.04. The van der Waals surface area contributed by atoms with Crippen molar-refractivity contribution in [3.63, 3.8) is 0 Å². The number of esters is 1. The summed E-state index contributed by atoms with van der Waals surface area (Å²) in [6.07, 6.45) is 3.27. The maximum Gasteiger partial charge on any atom is 0.343 e. The molecule has 0 bridgehead atoms. The quantitative estimate of drug-likeness (QED) is 0.518. The van der Waals surface area contributed by atoms with E-state index in [9.17, 15) is 4.79 Å². The standard InChI is InChI=1S/C15H10N2O2/c18-15(19-14-4-2-1-3-5-14)11-6-7-12-9-16-17-10-13(12)8-11/h1-10H. The van der Waals surface area contributed by atoms with Crippen molar-refractivity contribution in [2.45, 2.75) is 0 Å². The molecular formula is C15H10N2O2. The van der Waals surface area contributed by atoms with Crippen LogP contribution in [0.15, 0.2) is 60.9 Å². The molecule has 4 heteroatoms. The largest absolute Gasteiger partial charge is 0.423 e. The molecule has 0 atom stereocenters. The van der Waals surface area contributed by atoms with Crippen molar-refractivity contribution in [1.82, 2.24) is 10.2 Å². The van der Waals surface area contributed by atoms with Gasteiger partial charge in [0.15, 0.2) is 0 Å². The van der Waals surface area contributed by atoms with E-state index in [1.54, 1.807) is 36.7 Å². The molecule has 2 aromatic carbocycles. The number of benzene rings is 2. The van der Waals surface area contributed by atoms with Crippen molar-refractivity contribution in [3.8, 4) is 5.75 Å². The van der Waals surface area contributed by atoms with Crippen LogP contribution in [-0.4, -0.2) is 16.2 Å². The number of hydrogen-bond donors (Lipinski definition) is 0. The molecule has 0 spiro atoms. The molecule has 4 nitrogen and oxygen atoms in total. The number of ether oxygens (including phenoxy) is 1. The van der Waals surface area contributed by atoms with E-state index < -0.39 is 0 Å². The van der Waals surface area contributed by atoms with Gasteiger partial charge in [-0.25, -0.2) is 4.79 Å². The molecule has 0 aliphatic carbocycles. The smallest absolute Gasteiger partial charge is 0.343 e. The molecule has 19 heavy (non-hydrogen) atoms. The predicted molar refractivity (Wildman–Crippen MR) is 70.9 cm³/mol. The van der Waals surface area contributed by atoms with E-state index in [-0.39, 0.29) is 5.97 Å². The maximum atomic E-state index is 12.0. The van der Waals surface area contributed by atoms with Gasteiger partial charge in [0.25, 0.3) is 0 Å². The first kappa shape index (κ1) is 11.3. The lowest BCUT2D eigenvalue weighted by atomic mass is 10.1. The predicted octanol–water partition coefficient (Wildman–Crippen LogP) is 2.85. The topological polar surface area (TPSA) is 52.1 Å². The van der Waals surface area contributed by atoms with Gasteiger partial charge in [0, 0.05) is 10.8 Å². The van der Waals surface area contributed by atoms with Crippen LogP contribution < -0.4 is 4.74 Å². The Labute approximate surface area is 109 Å². The lowest BCUT2D eigenvalue weighted by molar-refractivity contribution is 0.0735. The van der Waals surface area contributed by atoms with Crippen LogP contribution in [0.5, 0.6) is 5.75 Å². The lowest BCUT2D eigenvalue weighted by Gasteiger charge is -2.04. The molecule has 0 saturated heterocycles. The van der Waals surface area contributed by atoms with Gasteiger partial charge in [-0.2, -0.15) is 10.2 Å². The van der Waals surface area contributed by atoms with E-state index in [4.69, 9.17) is 4.74 Å². The zero-order valence-corrected chi connectivity index (χ0v) is 9.98. The van der Waals surface area contributed by atoms with Gasteiger partial charge < -0.3 is 4.74 Å². The Morgan fingerprint density at radius 1 is 0.895 bits per heavy atom. The van der Waals surface area contributed by atoms with Crippen LogP contribution in [0.3, 0.4) is 0 Å². The zero-order chi connectivity index (χ0) is 13.1. The molecule has 1 aromatic heterocycles. The van der Waals surface area contributed by atoms with Gasteiger partial charge in [-0.1, -0.05) is 24.3 Å². The third-order valence-electron chi connectivity index (χ3n) is 2.74. The molecule has 0 saturated carbocycles. The van der Waals surface area contributed by atoms with E-state index >= 15 is 0 Å². The third kappa shape index (κ3) is 2.42. The average molecular weight is 250 g/mol. The summed E-state index contributed by atoms with van der Waals surface area (Å²) in [6.45, 7) is 0. The molecule has 0 radical (unpaired) electrons. The monoisotopic (exact) mass is 250 g/mol. The van der Waals surface area contributed by atoms with Crippen LogP contribution in [-0.2, 0) is 0 Å². The second kappa shape index (κ2) is 4.86. The van der Waals surface area contributed by atoms with Crippen LogP contribution in [0.1, 0.15) is 10.4 Å². The highest BCUT2D eigenvalue weighted by Gasteiger charge is 2.09. The third-order valence-corrected chi connectivity index (χ3v) is 2.74. The van der Waals surface area contributed by atoms with Gasteiger partial charge in [-0.15, -0.1) is 0 Å². The minimum Gasteiger partial charge on any atom is -0.423 e. The molecule has 0 aliphatic heterocycles. The van der Waals surface area contributed by atoms with Crippen LogP contribution in [0.25, 0.3) is 10.8 Å². The van der Waals surface area contributed by atoms with Crippen molar-refractivity contribution in [3.05, 3.63) is 66.5 Å². The fourth-order valence-corrected chi connectivity index (χ4v) is 1.78. The van der Waals surface area contributed by atoms with Crippen molar-refractivity contribution in [1.29, 1.82) is 0 Å². The summed E-state index contributed by atoms with van der Waals surface area (Å²) in [4.78, 5) is 12.0. The van der Waals surface area contributed by atoms with Crippen molar-refractivity contribution in [2.24, 2.45) is 0 Å². The first-order chi connectivity index (χ1) is 9.33. The van der Waals surface area contributed by atoms with Gasteiger partial charge in [0.1, 0.15) is 5.75 Å². The first-order valence-corrected chi connectivity index (χ1v) is 5.80. The van der Waals surface area contributed by atoms with Crippen molar-refractivity contribution < 1.29 is 9.53 Å². The number of aromatic nitrogens is 2. The van der Waals surface area contributed by atoms with E-state index in [0.29, 0.717) is 11.3 Å². The van der Waals surface area contributed by atoms with E-state index in [1.165, 1.54) is 0 Å². The molecule has 3 rings (SSSR count). The summed E-state index contributed by atoms with van der Waals surface area (Å²) in [7, 11) is 0. The molecule has 92 valence electrons. The van der Waals surface area contributed by atoms with Crippen LogP contribution in [0.2, 0.25) is 0 Å². The number of rotatable bonds is 2. The van der Waals surface area contributed by atoms with Crippen molar-refractivity contribution in [2.75, 3.05) is 0 Å². The Morgan fingerprint density at radius 3 is 2.42 bits per heavy atom. The summed E-state index contributed by atoms with van der Waals surface area (Å²) in [5, 5.41) is 9.38. The fourth-order valence-electron chi connectivity index (χ4n) is 1.78. The number of nitrogens with zero attached hydrogens (tertiary/aromatic N) is 2. The minimum absolute atomic E-state index is 0.384. The van der Waals surface area contributed by atoms with Gasteiger partial charge in [0.2, 0.25) is 0 Å². The number of para-hydroxylation sites is 1. The second-order valence-electron chi connectivity index (χ2n) is 4.04. The number of fused-ring (bicyclic) bond motifs is 1. The summed E-state index contributed by atoms with van der Waals surface area (Å²) >= 11 is 0. The van der Waals surface area contributed by atoms with E-state index in [0.717, 1.165) is 10.8 Å². The SMILES string of the molecule is O=C(Oc1ccccc1)c1ccc2cnncc2c1. The molecule has 0 aliphatic rings. The van der Waals surface area contributed by atoms with E-state index in [2.05, 4.69) is 10.2 Å². The minimum atomic E-state index is -0.384. The Kier molecular flexibility index (Phi) is 2.90. The molecular weight excluding hydrogens is 240 g/mol. The van der Waals surface area contributed by atoms with E-state index in [1.807, 2.05) is 24.3 Å². The molecule has 0 N–H and O–H groups in total. The fraction of sp³-hybridized carbons (Fsp3) is 0. The Morgan fingerprint density at radius 2 is 1.63 bits per heavy atom. The number of carbonyl (C=O) groups is 1. The molecule has 3 aromatic rings. The first-order valence-electron chi connectivity index (χ1n) is 5.80. The molecule has 0 unspecified atom stereocenters. The van der Waals surface area contributed by atoms with Crippen LogP contribution in [0, 0.1) is 0 Å². The average Bonchev–Trinajstić information content (AvgIpc) is 2.48. The molecule has 1 heterocycles. The Balaban J connectivity index is 1.89. The van der Waals surface area contributed by atoms with Gasteiger partial charge in [0.05, 0.1) is 18.0 Å². The highest BCUT2D eigenvalue weighted by Crippen LogP contribution is 2.16. The summed E-state index contributed by atoms with van der Waals surface area (Å²) < 4.78 is 5.27. The highest BCUT2D eigenvalue weighted by atomic mass is 16.5. The Hall–Kier alpha value is -2.75. The molecule has 0 amide bonds. The lowest BCUT2D eigenvalue weighted by Crippen LogP contribution is -2.08. The van der Waals surface area contributed by atoms with Gasteiger partial charge in [-0.05, 0) is 24.3 Å². The van der Waals surface area contributed by atoms with Gasteiger partial charge in [-0.3, -0.25) is 0 Å². The summed E-state index contributed by atoms with van der Waals surface area (Å²) in [6, 6.07) is 14.3. The maximum absolute atomic E-state index is 12.0. The summed E-state index contributed by atoms with van der Waals surface area (Å²) in [5.41, 5.74) is 0.490. The molecule has 0 fully saturated rings. The van der Waals surface area contributed by atoms with Crippen LogP contribution >= 0.6 is 0 Å². The number of carbonyl (C=O) groups excluding carboxylic acids is 1. The highest BCUT2D eigenvalue weighted by molar-refractivity contribution is 5.95. The zero-order valence-electron chi connectivity index (χ0n) is 9.98. The van der Waals surface area contributed by atoms with Crippen LogP contribution in [0.4, 0.5) is 0 Å². The number of hydrogen-bond acceptors (Lipinski definition) is 4. The normalized spacial score (nSPS) is 10.3. The van der Waals surface area contributed by atoms with Crippen molar-refractivity contribution >= 4 is 16.7 Å². The Bertz CT molecular complexity index is 726. The van der Waals surface area contributed by atoms with Gasteiger partial charge >= 0.3 is 5.97 Å².